The molecule has 152 valence electrons. The van der Waals surface area contributed by atoms with E-state index in [0.29, 0.717) is 6.04 Å². The van der Waals surface area contributed by atoms with Crippen LogP contribution in [0, 0.1) is 0 Å². The molecule has 0 atom stereocenters. The molecule has 0 spiro atoms. The Morgan fingerprint density at radius 1 is 1.07 bits per heavy atom. The maximum absolute atomic E-state index is 6.04. The van der Waals surface area contributed by atoms with E-state index in [-0.39, 0.29) is 0 Å². The van der Waals surface area contributed by atoms with E-state index in [2.05, 4.69) is 52.3 Å². The van der Waals surface area contributed by atoms with Gasteiger partial charge in [-0.2, -0.15) is 0 Å². The van der Waals surface area contributed by atoms with E-state index in [1.807, 2.05) is 24.3 Å². The molecule has 0 aliphatic heterocycles. The number of hydrogen-bond donors (Lipinski definition) is 1. The average molecular weight is 426 g/mol. The SMILES string of the molecule is Cn1cc(CN(C(=S)Nc2ccc(Cl)cc2)C2CCCCCC2)c2ccccc21. The number of nitrogens with zero attached hydrogens (tertiary/aromatic N) is 2. The van der Waals surface area contributed by atoms with Crippen molar-refractivity contribution in [1.29, 1.82) is 0 Å². The van der Waals surface area contributed by atoms with Crippen molar-refractivity contribution < 1.29 is 0 Å². The third kappa shape index (κ3) is 4.76. The maximum Gasteiger partial charge on any atom is 0.173 e. The van der Waals surface area contributed by atoms with Crippen LogP contribution in [0.1, 0.15) is 44.1 Å². The second kappa shape index (κ2) is 9.19. The molecule has 0 saturated heterocycles. The number of aryl methyl sites for hydroxylation is 1. The minimum Gasteiger partial charge on any atom is -0.350 e. The van der Waals surface area contributed by atoms with Gasteiger partial charge in [0.1, 0.15) is 0 Å². The molecule has 0 unspecified atom stereocenters. The van der Waals surface area contributed by atoms with E-state index < -0.39 is 0 Å². The Morgan fingerprint density at radius 2 is 1.76 bits per heavy atom. The number of hydrogen-bond acceptors (Lipinski definition) is 1. The molecule has 3 nitrogen and oxygen atoms in total. The van der Waals surface area contributed by atoms with Crippen LogP contribution in [0.3, 0.4) is 0 Å². The van der Waals surface area contributed by atoms with Crippen LogP contribution in [0.2, 0.25) is 5.02 Å². The highest BCUT2D eigenvalue weighted by Gasteiger charge is 2.24. The van der Waals surface area contributed by atoms with Gasteiger partial charge in [-0.3, -0.25) is 0 Å². The molecular formula is C24H28ClN3S. The number of halogens is 1. The molecule has 1 N–H and O–H groups in total. The van der Waals surface area contributed by atoms with Crippen molar-refractivity contribution in [2.45, 2.75) is 51.1 Å². The Balaban J connectivity index is 1.62. The number of benzene rings is 2. The van der Waals surface area contributed by atoms with E-state index in [1.165, 1.54) is 55.0 Å². The molecule has 1 saturated carbocycles. The van der Waals surface area contributed by atoms with Crippen molar-refractivity contribution in [3.63, 3.8) is 0 Å². The summed E-state index contributed by atoms with van der Waals surface area (Å²) in [7, 11) is 2.12. The molecule has 1 heterocycles. The van der Waals surface area contributed by atoms with E-state index in [1.54, 1.807) is 0 Å². The molecule has 2 aromatic carbocycles. The molecule has 29 heavy (non-hydrogen) atoms. The highest BCUT2D eigenvalue weighted by Crippen LogP contribution is 2.28. The molecule has 1 fully saturated rings. The van der Waals surface area contributed by atoms with E-state index in [4.69, 9.17) is 23.8 Å². The van der Waals surface area contributed by atoms with Gasteiger partial charge in [0.2, 0.25) is 0 Å². The number of nitrogens with one attached hydrogen (secondary N) is 1. The molecule has 3 aromatic rings. The Bertz CT molecular complexity index is 971. The molecular weight excluding hydrogens is 398 g/mol. The second-order valence-corrected chi connectivity index (χ2v) is 8.82. The van der Waals surface area contributed by atoms with Gasteiger partial charge in [-0.25, -0.2) is 0 Å². The van der Waals surface area contributed by atoms with Gasteiger partial charge in [-0.05, 0) is 61.0 Å². The van der Waals surface area contributed by atoms with Crippen molar-refractivity contribution >= 4 is 45.5 Å². The Morgan fingerprint density at radius 3 is 2.48 bits per heavy atom. The Kier molecular flexibility index (Phi) is 6.41. The van der Waals surface area contributed by atoms with Gasteiger partial charge in [-0.15, -0.1) is 0 Å². The summed E-state index contributed by atoms with van der Waals surface area (Å²) in [6, 6.07) is 16.8. The number of para-hydroxylation sites is 1. The fraction of sp³-hybridized carbons (Fsp3) is 0.375. The molecule has 0 radical (unpaired) electrons. The first-order valence-corrected chi connectivity index (χ1v) is 11.3. The van der Waals surface area contributed by atoms with Crippen molar-refractivity contribution in [2.75, 3.05) is 5.32 Å². The van der Waals surface area contributed by atoms with Gasteiger partial charge in [0.25, 0.3) is 0 Å². The summed E-state index contributed by atoms with van der Waals surface area (Å²) < 4.78 is 2.21. The predicted octanol–water partition coefficient (Wildman–Crippen LogP) is 6.75. The lowest BCUT2D eigenvalue weighted by Gasteiger charge is -2.33. The lowest BCUT2D eigenvalue weighted by atomic mass is 10.1. The van der Waals surface area contributed by atoms with Gasteiger partial charge < -0.3 is 14.8 Å². The summed E-state index contributed by atoms with van der Waals surface area (Å²) >= 11 is 12.0. The topological polar surface area (TPSA) is 20.2 Å². The summed E-state index contributed by atoms with van der Waals surface area (Å²) in [5.74, 6) is 0. The van der Waals surface area contributed by atoms with Crippen LogP contribution in [0.25, 0.3) is 10.9 Å². The highest BCUT2D eigenvalue weighted by molar-refractivity contribution is 7.80. The standard InChI is InChI=1S/C24H28ClN3S/c1-27-16-18(22-10-6-7-11-23(22)27)17-28(21-8-4-2-3-5-9-21)24(29)26-20-14-12-19(25)13-15-20/h6-7,10-16,21H,2-5,8-9,17H2,1H3,(H,26,29). The van der Waals surface area contributed by atoms with Gasteiger partial charge in [0, 0.05) is 47.4 Å². The van der Waals surface area contributed by atoms with Crippen molar-refractivity contribution in [3.05, 3.63) is 65.3 Å². The first-order chi connectivity index (χ1) is 14.1. The van der Waals surface area contributed by atoms with Gasteiger partial charge in [0.15, 0.2) is 5.11 Å². The summed E-state index contributed by atoms with van der Waals surface area (Å²) in [6.07, 6.45) is 9.87. The fourth-order valence-electron chi connectivity index (χ4n) is 4.40. The number of aromatic nitrogens is 1. The summed E-state index contributed by atoms with van der Waals surface area (Å²) in [5, 5.41) is 6.29. The molecule has 0 amide bonds. The molecule has 4 rings (SSSR count). The second-order valence-electron chi connectivity index (χ2n) is 7.99. The number of anilines is 1. The van der Waals surface area contributed by atoms with Crippen LogP contribution >= 0.6 is 23.8 Å². The van der Waals surface area contributed by atoms with Crippen LogP contribution in [-0.4, -0.2) is 20.6 Å². The molecule has 0 bridgehead atoms. The van der Waals surface area contributed by atoms with E-state index >= 15 is 0 Å². The Hall–Kier alpha value is -2.04. The van der Waals surface area contributed by atoms with Crippen LogP contribution in [0.15, 0.2) is 54.7 Å². The third-order valence-electron chi connectivity index (χ3n) is 5.94. The zero-order valence-electron chi connectivity index (χ0n) is 16.9. The van der Waals surface area contributed by atoms with Crippen LogP contribution in [0.4, 0.5) is 5.69 Å². The first-order valence-electron chi connectivity index (χ1n) is 10.5. The lowest BCUT2D eigenvalue weighted by molar-refractivity contribution is 0.281. The number of rotatable bonds is 4. The molecule has 5 heteroatoms. The minimum absolute atomic E-state index is 0.476. The first kappa shape index (κ1) is 20.2. The number of fused-ring (bicyclic) bond motifs is 1. The third-order valence-corrected chi connectivity index (χ3v) is 6.53. The van der Waals surface area contributed by atoms with Gasteiger partial charge >= 0.3 is 0 Å². The smallest absolute Gasteiger partial charge is 0.173 e. The zero-order valence-corrected chi connectivity index (χ0v) is 18.5. The maximum atomic E-state index is 6.04. The van der Waals surface area contributed by atoms with Crippen LogP contribution in [-0.2, 0) is 13.6 Å². The minimum atomic E-state index is 0.476. The Labute approximate surface area is 183 Å². The van der Waals surface area contributed by atoms with Crippen LogP contribution in [0.5, 0.6) is 0 Å². The summed E-state index contributed by atoms with van der Waals surface area (Å²) in [4.78, 5) is 2.41. The average Bonchev–Trinajstić information content (AvgIpc) is 2.89. The largest absolute Gasteiger partial charge is 0.350 e. The molecule has 1 aliphatic rings. The van der Waals surface area contributed by atoms with Crippen molar-refractivity contribution in [3.8, 4) is 0 Å². The van der Waals surface area contributed by atoms with Gasteiger partial charge in [0.05, 0.1) is 0 Å². The summed E-state index contributed by atoms with van der Waals surface area (Å²) in [5.41, 5.74) is 3.57. The lowest BCUT2D eigenvalue weighted by Crippen LogP contribution is -2.42. The molecule has 1 aliphatic carbocycles. The van der Waals surface area contributed by atoms with Crippen molar-refractivity contribution in [2.24, 2.45) is 7.05 Å². The van der Waals surface area contributed by atoms with Crippen LogP contribution < -0.4 is 5.32 Å². The van der Waals surface area contributed by atoms with Gasteiger partial charge in [-0.1, -0.05) is 55.5 Å². The normalized spacial score (nSPS) is 15.2. The zero-order chi connectivity index (χ0) is 20.2. The predicted molar refractivity (Wildman–Crippen MR) is 128 cm³/mol. The van der Waals surface area contributed by atoms with E-state index in [9.17, 15) is 0 Å². The number of thiocarbonyl (C=S) groups is 1. The quantitative estimate of drug-likeness (QED) is 0.368. The van der Waals surface area contributed by atoms with E-state index in [0.717, 1.165) is 22.4 Å². The summed E-state index contributed by atoms with van der Waals surface area (Å²) in [6.45, 7) is 0.825. The molecule has 1 aromatic heterocycles. The fourth-order valence-corrected chi connectivity index (χ4v) is 4.86. The highest BCUT2D eigenvalue weighted by atomic mass is 35.5. The van der Waals surface area contributed by atoms with Crippen molar-refractivity contribution in [1.82, 2.24) is 9.47 Å². The monoisotopic (exact) mass is 425 g/mol.